The Labute approximate surface area is 141 Å². The van der Waals surface area contributed by atoms with E-state index in [2.05, 4.69) is 29.4 Å². The summed E-state index contributed by atoms with van der Waals surface area (Å²) in [5.41, 5.74) is 1.26. The summed E-state index contributed by atoms with van der Waals surface area (Å²) in [6.45, 7) is 2.69. The fourth-order valence-electron chi connectivity index (χ4n) is 2.57. The van der Waals surface area contributed by atoms with Crippen LogP contribution in [0.1, 0.15) is 23.7 Å². The Morgan fingerprint density at radius 1 is 1.12 bits per heavy atom. The quantitative estimate of drug-likeness (QED) is 0.692. The minimum absolute atomic E-state index is 0.0105. The molecule has 0 aromatic heterocycles. The highest BCUT2D eigenvalue weighted by Gasteiger charge is 2.13. The molecule has 0 bridgehead atoms. The second kappa shape index (κ2) is 9.47. The molecule has 2 aromatic carbocycles. The van der Waals surface area contributed by atoms with Crippen LogP contribution in [0, 0.1) is 11.6 Å². The van der Waals surface area contributed by atoms with Gasteiger partial charge in [-0.25, -0.2) is 8.78 Å². The Morgan fingerprint density at radius 3 is 2.62 bits per heavy atom. The highest BCUT2D eigenvalue weighted by Crippen LogP contribution is 2.17. The molecule has 0 saturated heterocycles. The summed E-state index contributed by atoms with van der Waals surface area (Å²) >= 11 is 0. The Kier molecular flexibility index (Phi) is 7.31. The first-order valence-electron chi connectivity index (χ1n) is 8.12. The van der Waals surface area contributed by atoms with Crippen LogP contribution in [0.15, 0.2) is 48.5 Å². The molecule has 24 heavy (non-hydrogen) atoms. The minimum atomic E-state index is -1.05. The van der Waals surface area contributed by atoms with Crippen LogP contribution >= 0.6 is 0 Å². The van der Waals surface area contributed by atoms with Gasteiger partial charge in [-0.1, -0.05) is 30.3 Å². The van der Waals surface area contributed by atoms with Gasteiger partial charge in [0.15, 0.2) is 0 Å². The van der Waals surface area contributed by atoms with Gasteiger partial charge in [-0.2, -0.15) is 0 Å². The number of halogens is 2. The Bertz CT molecular complexity index is 622. The summed E-state index contributed by atoms with van der Waals surface area (Å²) in [4.78, 5) is 2.22. The van der Waals surface area contributed by atoms with E-state index in [4.69, 9.17) is 0 Å². The van der Waals surface area contributed by atoms with Gasteiger partial charge in [0.05, 0.1) is 6.10 Å². The molecule has 1 atom stereocenters. The summed E-state index contributed by atoms with van der Waals surface area (Å²) in [6, 6.07) is 13.4. The third-order valence-electron chi connectivity index (χ3n) is 3.84. The largest absolute Gasteiger partial charge is 0.387 e. The van der Waals surface area contributed by atoms with Gasteiger partial charge < -0.3 is 15.3 Å². The molecular weight excluding hydrogens is 310 g/mol. The van der Waals surface area contributed by atoms with Crippen LogP contribution < -0.4 is 5.32 Å². The monoisotopic (exact) mass is 334 g/mol. The molecule has 0 heterocycles. The van der Waals surface area contributed by atoms with E-state index in [1.165, 1.54) is 5.56 Å². The summed E-state index contributed by atoms with van der Waals surface area (Å²) in [5.74, 6) is -1.14. The Balaban J connectivity index is 1.65. The second-order valence-corrected chi connectivity index (χ2v) is 5.96. The zero-order chi connectivity index (χ0) is 17.4. The van der Waals surface area contributed by atoms with E-state index in [-0.39, 0.29) is 12.1 Å². The number of rotatable bonds is 9. The third-order valence-corrected chi connectivity index (χ3v) is 3.84. The van der Waals surface area contributed by atoms with Gasteiger partial charge in [0, 0.05) is 18.7 Å². The predicted molar refractivity (Wildman–Crippen MR) is 91.6 cm³/mol. The molecule has 0 aliphatic carbocycles. The summed E-state index contributed by atoms with van der Waals surface area (Å²) in [5, 5.41) is 13.0. The molecule has 0 spiro atoms. The molecule has 0 aliphatic rings. The predicted octanol–water partition coefficient (Wildman–Crippen LogP) is 3.11. The molecular formula is C19H24F2N2O. The van der Waals surface area contributed by atoms with Crippen LogP contribution in [0.3, 0.4) is 0 Å². The van der Waals surface area contributed by atoms with E-state index in [1.807, 2.05) is 18.2 Å². The van der Waals surface area contributed by atoms with Gasteiger partial charge >= 0.3 is 0 Å². The van der Waals surface area contributed by atoms with Gasteiger partial charge in [0.2, 0.25) is 0 Å². The van der Waals surface area contributed by atoms with Crippen molar-refractivity contribution in [2.24, 2.45) is 0 Å². The zero-order valence-corrected chi connectivity index (χ0v) is 13.9. The van der Waals surface area contributed by atoms with E-state index in [9.17, 15) is 13.9 Å². The molecule has 0 fully saturated rings. The molecule has 0 amide bonds. The average molecular weight is 334 g/mol. The second-order valence-electron chi connectivity index (χ2n) is 5.96. The number of hydrogen-bond acceptors (Lipinski definition) is 3. The maximum Gasteiger partial charge on any atom is 0.129 e. The molecule has 2 rings (SSSR count). The van der Waals surface area contributed by atoms with Crippen molar-refractivity contribution in [3.63, 3.8) is 0 Å². The van der Waals surface area contributed by atoms with Crippen LogP contribution in [0.2, 0.25) is 0 Å². The standard InChI is InChI=1S/C19H24F2N2O/c1-23(14-15-6-3-2-4-7-15)11-5-10-22-13-19(24)17-12-16(20)8-9-18(17)21/h2-4,6-9,12,19,22,24H,5,10-11,13-14H2,1H3. The van der Waals surface area contributed by atoms with Gasteiger partial charge in [0.1, 0.15) is 11.6 Å². The summed E-state index contributed by atoms with van der Waals surface area (Å²) in [7, 11) is 2.06. The summed E-state index contributed by atoms with van der Waals surface area (Å²) < 4.78 is 26.7. The van der Waals surface area contributed by atoms with Crippen molar-refractivity contribution in [3.05, 3.63) is 71.3 Å². The smallest absolute Gasteiger partial charge is 0.129 e. The number of nitrogens with zero attached hydrogens (tertiary/aromatic N) is 1. The van der Waals surface area contributed by atoms with E-state index in [0.717, 1.165) is 37.7 Å². The number of aliphatic hydroxyl groups is 1. The lowest BCUT2D eigenvalue weighted by atomic mass is 10.1. The Morgan fingerprint density at radius 2 is 1.88 bits per heavy atom. The van der Waals surface area contributed by atoms with Crippen molar-refractivity contribution in [2.75, 3.05) is 26.7 Å². The topological polar surface area (TPSA) is 35.5 Å². The zero-order valence-electron chi connectivity index (χ0n) is 13.9. The molecule has 1 unspecified atom stereocenters. The van der Waals surface area contributed by atoms with Gasteiger partial charge in [0.25, 0.3) is 0 Å². The first kappa shape index (κ1) is 18.5. The first-order valence-corrected chi connectivity index (χ1v) is 8.12. The normalized spacial score (nSPS) is 12.5. The fourth-order valence-corrected chi connectivity index (χ4v) is 2.57. The maximum absolute atomic E-state index is 13.5. The molecule has 5 heteroatoms. The van der Waals surface area contributed by atoms with E-state index in [0.29, 0.717) is 6.54 Å². The van der Waals surface area contributed by atoms with Crippen molar-refractivity contribution in [1.82, 2.24) is 10.2 Å². The number of nitrogens with one attached hydrogen (secondary N) is 1. The first-order chi connectivity index (χ1) is 11.6. The van der Waals surface area contributed by atoms with Gasteiger partial charge in [-0.3, -0.25) is 0 Å². The number of aliphatic hydroxyl groups excluding tert-OH is 1. The van der Waals surface area contributed by atoms with E-state index < -0.39 is 17.7 Å². The molecule has 0 radical (unpaired) electrons. The molecule has 2 N–H and O–H groups in total. The van der Waals surface area contributed by atoms with Gasteiger partial charge in [-0.05, 0) is 50.3 Å². The lowest BCUT2D eigenvalue weighted by molar-refractivity contribution is 0.169. The highest BCUT2D eigenvalue weighted by molar-refractivity contribution is 5.21. The molecule has 3 nitrogen and oxygen atoms in total. The van der Waals surface area contributed by atoms with Crippen molar-refractivity contribution in [3.8, 4) is 0 Å². The third kappa shape index (κ3) is 6.00. The fraction of sp³-hybridized carbons (Fsp3) is 0.368. The Hall–Kier alpha value is -1.82. The molecule has 0 saturated carbocycles. The van der Waals surface area contributed by atoms with Crippen LogP contribution in [-0.2, 0) is 6.54 Å². The van der Waals surface area contributed by atoms with Crippen LogP contribution in [0.4, 0.5) is 8.78 Å². The molecule has 130 valence electrons. The van der Waals surface area contributed by atoms with Crippen molar-refractivity contribution in [2.45, 2.75) is 19.1 Å². The number of benzene rings is 2. The van der Waals surface area contributed by atoms with Crippen molar-refractivity contribution in [1.29, 1.82) is 0 Å². The lowest BCUT2D eigenvalue weighted by Crippen LogP contribution is -2.27. The van der Waals surface area contributed by atoms with Crippen LogP contribution in [-0.4, -0.2) is 36.7 Å². The molecule has 2 aromatic rings. The van der Waals surface area contributed by atoms with Crippen molar-refractivity contribution < 1.29 is 13.9 Å². The van der Waals surface area contributed by atoms with Crippen LogP contribution in [0.5, 0.6) is 0 Å². The highest BCUT2D eigenvalue weighted by atomic mass is 19.1. The SMILES string of the molecule is CN(CCCNCC(O)c1cc(F)ccc1F)Cc1ccccc1. The maximum atomic E-state index is 13.5. The lowest BCUT2D eigenvalue weighted by Gasteiger charge is -2.17. The van der Waals surface area contributed by atoms with Crippen LogP contribution in [0.25, 0.3) is 0 Å². The summed E-state index contributed by atoms with van der Waals surface area (Å²) in [6.07, 6.45) is -0.149. The van der Waals surface area contributed by atoms with E-state index in [1.54, 1.807) is 0 Å². The average Bonchev–Trinajstić information content (AvgIpc) is 2.57. The van der Waals surface area contributed by atoms with Crippen molar-refractivity contribution >= 4 is 0 Å². The van der Waals surface area contributed by atoms with Gasteiger partial charge in [-0.15, -0.1) is 0 Å². The van der Waals surface area contributed by atoms with E-state index >= 15 is 0 Å². The molecule has 0 aliphatic heterocycles. The minimum Gasteiger partial charge on any atom is -0.387 e. The number of hydrogen-bond donors (Lipinski definition) is 2.